The summed E-state index contributed by atoms with van der Waals surface area (Å²) < 4.78 is 24.4. The Kier molecular flexibility index (Phi) is 4.46. The fourth-order valence-electron chi connectivity index (χ4n) is 2.70. The molecule has 2 aromatic rings. The van der Waals surface area contributed by atoms with Crippen molar-refractivity contribution in [1.29, 1.82) is 0 Å². The molecule has 0 aromatic heterocycles. The van der Waals surface area contributed by atoms with Crippen molar-refractivity contribution in [1.82, 2.24) is 4.90 Å². The predicted octanol–water partition coefficient (Wildman–Crippen LogP) is 3.53. The molecule has 1 aliphatic rings. The number of rotatable bonds is 3. The number of nitrogens with zero attached hydrogens (tertiary/aromatic N) is 1. The molecular weight excluding hydrogens is 297 g/mol. The summed E-state index contributed by atoms with van der Waals surface area (Å²) in [6, 6.07) is 12.7. The van der Waals surface area contributed by atoms with E-state index in [2.05, 4.69) is 0 Å². The molecule has 0 spiro atoms. The van der Waals surface area contributed by atoms with Crippen LogP contribution in [-0.2, 0) is 24.3 Å². The minimum Gasteiger partial charge on any atom is -0.497 e. The summed E-state index contributed by atoms with van der Waals surface area (Å²) in [7, 11) is 1.50. The maximum absolute atomic E-state index is 14.0. The van der Waals surface area contributed by atoms with E-state index in [9.17, 15) is 9.18 Å². The van der Waals surface area contributed by atoms with Crippen molar-refractivity contribution in [3.8, 4) is 5.75 Å². The average molecular weight is 315 g/mol. The van der Waals surface area contributed by atoms with Gasteiger partial charge in [-0.3, -0.25) is 0 Å². The normalized spacial score (nSPS) is 13.4. The molecule has 0 fully saturated rings. The highest BCUT2D eigenvalue weighted by Gasteiger charge is 2.24. The highest BCUT2D eigenvalue weighted by Crippen LogP contribution is 2.27. The molecular formula is C18H18FNO3. The van der Waals surface area contributed by atoms with E-state index in [4.69, 9.17) is 9.47 Å². The zero-order valence-electron chi connectivity index (χ0n) is 12.9. The van der Waals surface area contributed by atoms with E-state index in [0.29, 0.717) is 30.8 Å². The van der Waals surface area contributed by atoms with E-state index in [1.165, 1.54) is 13.2 Å². The molecule has 0 aliphatic carbocycles. The van der Waals surface area contributed by atoms with Crippen molar-refractivity contribution in [2.45, 2.75) is 19.6 Å². The number of amides is 1. The number of carbonyl (C=O) groups is 1. The standard InChI is InChI=1S/C18H18FNO3/c1-22-15-9-14-11-20(8-7-16(14)17(19)10-15)18(21)23-12-13-5-3-2-4-6-13/h2-6,9-10H,7-8,11-12H2,1H3. The van der Waals surface area contributed by atoms with Crippen molar-refractivity contribution in [2.24, 2.45) is 0 Å². The van der Waals surface area contributed by atoms with Gasteiger partial charge < -0.3 is 14.4 Å². The number of benzene rings is 2. The molecule has 23 heavy (non-hydrogen) atoms. The molecule has 0 atom stereocenters. The Balaban J connectivity index is 1.66. The van der Waals surface area contributed by atoms with Gasteiger partial charge in [-0.25, -0.2) is 9.18 Å². The van der Waals surface area contributed by atoms with E-state index >= 15 is 0 Å². The lowest BCUT2D eigenvalue weighted by Gasteiger charge is -2.28. The number of halogens is 1. The van der Waals surface area contributed by atoms with Gasteiger partial charge in [-0.05, 0) is 29.2 Å². The summed E-state index contributed by atoms with van der Waals surface area (Å²) in [6.45, 7) is 1.01. The van der Waals surface area contributed by atoms with Crippen LogP contribution in [0.5, 0.6) is 5.75 Å². The SMILES string of the molecule is COc1cc(F)c2c(c1)CN(C(=O)OCc1ccccc1)CC2. The fourth-order valence-corrected chi connectivity index (χ4v) is 2.70. The summed E-state index contributed by atoms with van der Waals surface area (Å²) in [5.41, 5.74) is 2.36. The van der Waals surface area contributed by atoms with Gasteiger partial charge in [-0.2, -0.15) is 0 Å². The second kappa shape index (κ2) is 6.69. The maximum Gasteiger partial charge on any atom is 0.410 e. The Hall–Kier alpha value is -2.56. The Morgan fingerprint density at radius 1 is 1.26 bits per heavy atom. The molecule has 0 unspecified atom stereocenters. The highest BCUT2D eigenvalue weighted by molar-refractivity contribution is 5.68. The molecule has 1 aliphatic heterocycles. The Morgan fingerprint density at radius 2 is 2.04 bits per heavy atom. The van der Waals surface area contributed by atoms with Crippen LogP contribution < -0.4 is 4.74 Å². The topological polar surface area (TPSA) is 38.8 Å². The number of ether oxygens (including phenoxy) is 2. The third-order valence-corrected chi connectivity index (χ3v) is 3.95. The summed E-state index contributed by atoms with van der Waals surface area (Å²) in [6.07, 6.45) is 0.0914. The molecule has 0 saturated heterocycles. The van der Waals surface area contributed by atoms with Crippen LogP contribution in [0.25, 0.3) is 0 Å². The van der Waals surface area contributed by atoms with Crippen LogP contribution in [0, 0.1) is 5.82 Å². The van der Waals surface area contributed by atoms with E-state index in [1.54, 1.807) is 11.0 Å². The van der Waals surface area contributed by atoms with E-state index in [-0.39, 0.29) is 18.5 Å². The van der Waals surface area contributed by atoms with Crippen LogP contribution in [0.15, 0.2) is 42.5 Å². The quantitative estimate of drug-likeness (QED) is 0.870. The molecule has 1 heterocycles. The smallest absolute Gasteiger partial charge is 0.410 e. The van der Waals surface area contributed by atoms with Gasteiger partial charge in [0.05, 0.1) is 7.11 Å². The molecule has 2 aromatic carbocycles. The minimum absolute atomic E-state index is 0.232. The van der Waals surface area contributed by atoms with Crippen molar-refractivity contribution < 1.29 is 18.7 Å². The van der Waals surface area contributed by atoms with Gasteiger partial charge in [0, 0.05) is 19.2 Å². The molecule has 0 bridgehead atoms. The number of fused-ring (bicyclic) bond motifs is 1. The van der Waals surface area contributed by atoms with Gasteiger partial charge in [0.15, 0.2) is 0 Å². The summed E-state index contributed by atoms with van der Waals surface area (Å²) >= 11 is 0. The average Bonchev–Trinajstić information content (AvgIpc) is 2.60. The van der Waals surface area contributed by atoms with Gasteiger partial charge in [-0.15, -0.1) is 0 Å². The van der Waals surface area contributed by atoms with Crippen LogP contribution in [0.4, 0.5) is 9.18 Å². The first-order valence-corrected chi connectivity index (χ1v) is 7.48. The predicted molar refractivity (Wildman–Crippen MR) is 83.7 cm³/mol. The lowest BCUT2D eigenvalue weighted by molar-refractivity contribution is 0.0915. The maximum atomic E-state index is 14.0. The van der Waals surface area contributed by atoms with Crippen LogP contribution in [0.2, 0.25) is 0 Å². The van der Waals surface area contributed by atoms with Gasteiger partial charge in [0.1, 0.15) is 18.2 Å². The number of hydrogen-bond donors (Lipinski definition) is 0. The van der Waals surface area contributed by atoms with Crippen molar-refractivity contribution >= 4 is 6.09 Å². The van der Waals surface area contributed by atoms with Crippen molar-refractivity contribution in [3.63, 3.8) is 0 Å². The summed E-state index contributed by atoms with van der Waals surface area (Å²) in [5.74, 6) is 0.178. The Labute approximate surface area is 134 Å². The van der Waals surface area contributed by atoms with Crippen LogP contribution in [-0.4, -0.2) is 24.6 Å². The van der Waals surface area contributed by atoms with Crippen molar-refractivity contribution in [2.75, 3.05) is 13.7 Å². The number of carbonyl (C=O) groups excluding carboxylic acids is 1. The third-order valence-electron chi connectivity index (χ3n) is 3.95. The monoisotopic (exact) mass is 315 g/mol. The second-order valence-electron chi connectivity index (χ2n) is 5.46. The van der Waals surface area contributed by atoms with Crippen molar-refractivity contribution in [3.05, 3.63) is 65.0 Å². The zero-order chi connectivity index (χ0) is 16.2. The molecule has 0 saturated carbocycles. The van der Waals surface area contributed by atoms with Gasteiger partial charge in [0.2, 0.25) is 0 Å². The first kappa shape index (κ1) is 15.3. The highest BCUT2D eigenvalue weighted by atomic mass is 19.1. The van der Waals surface area contributed by atoms with Crippen LogP contribution in [0.1, 0.15) is 16.7 Å². The summed E-state index contributed by atoms with van der Waals surface area (Å²) in [4.78, 5) is 13.8. The molecule has 1 amide bonds. The number of methoxy groups -OCH3 is 1. The van der Waals surface area contributed by atoms with E-state index in [0.717, 1.165) is 11.1 Å². The molecule has 3 rings (SSSR count). The summed E-state index contributed by atoms with van der Waals surface area (Å²) in [5, 5.41) is 0. The fraction of sp³-hybridized carbons (Fsp3) is 0.278. The van der Waals surface area contributed by atoms with Gasteiger partial charge in [0.25, 0.3) is 0 Å². The lowest BCUT2D eigenvalue weighted by Crippen LogP contribution is -2.36. The Morgan fingerprint density at radius 3 is 2.78 bits per heavy atom. The van der Waals surface area contributed by atoms with E-state index < -0.39 is 0 Å². The minimum atomic E-state index is -0.386. The molecule has 0 radical (unpaired) electrons. The lowest BCUT2D eigenvalue weighted by atomic mass is 9.99. The first-order valence-electron chi connectivity index (χ1n) is 7.48. The number of hydrogen-bond acceptors (Lipinski definition) is 3. The Bertz CT molecular complexity index is 703. The second-order valence-corrected chi connectivity index (χ2v) is 5.46. The molecule has 0 N–H and O–H groups in total. The zero-order valence-corrected chi connectivity index (χ0v) is 12.9. The van der Waals surface area contributed by atoms with Gasteiger partial charge in [-0.1, -0.05) is 30.3 Å². The largest absolute Gasteiger partial charge is 0.497 e. The third kappa shape index (κ3) is 3.44. The molecule has 5 heteroatoms. The van der Waals surface area contributed by atoms with Gasteiger partial charge >= 0.3 is 6.09 Å². The van der Waals surface area contributed by atoms with Crippen LogP contribution in [0.3, 0.4) is 0 Å². The van der Waals surface area contributed by atoms with E-state index in [1.807, 2.05) is 30.3 Å². The molecule has 120 valence electrons. The molecule has 4 nitrogen and oxygen atoms in total. The van der Waals surface area contributed by atoms with Crippen LogP contribution >= 0.6 is 0 Å². The first-order chi connectivity index (χ1) is 11.2.